The van der Waals surface area contributed by atoms with Crippen molar-refractivity contribution >= 4 is 39.9 Å². The molecule has 3 N–H and O–H groups in total. The fourth-order valence-electron chi connectivity index (χ4n) is 5.00. The van der Waals surface area contributed by atoms with Crippen molar-refractivity contribution < 1.29 is 19.0 Å². The van der Waals surface area contributed by atoms with Crippen LogP contribution in [0.15, 0.2) is 55.0 Å². The number of rotatable bonds is 6. The van der Waals surface area contributed by atoms with Crippen LogP contribution in [0.5, 0.6) is 5.75 Å². The predicted molar refractivity (Wildman–Crippen MR) is 145 cm³/mol. The number of hydrogen-bond acceptors (Lipinski definition) is 7. The minimum Gasteiger partial charge on any atom is -0.492 e. The Morgan fingerprint density at radius 2 is 2.18 bits per heavy atom. The first-order chi connectivity index (χ1) is 18.9. The Hall–Kier alpha value is -4.22. The number of piperidine rings is 1. The zero-order valence-electron chi connectivity index (χ0n) is 20.9. The Morgan fingerprint density at radius 1 is 1.31 bits per heavy atom. The van der Waals surface area contributed by atoms with Gasteiger partial charge in [-0.1, -0.05) is 17.7 Å². The van der Waals surface area contributed by atoms with Crippen LogP contribution in [0.4, 0.5) is 10.2 Å². The van der Waals surface area contributed by atoms with Crippen LogP contribution in [0.3, 0.4) is 0 Å². The van der Waals surface area contributed by atoms with Crippen molar-refractivity contribution in [2.75, 3.05) is 24.6 Å². The van der Waals surface area contributed by atoms with Crippen molar-refractivity contribution in [3.05, 3.63) is 71.4 Å². The molecule has 10 nitrogen and oxygen atoms in total. The molecule has 0 aliphatic carbocycles. The monoisotopic (exact) mass is 549 g/mol. The molecule has 4 aromatic heterocycles. The first-order valence-corrected chi connectivity index (χ1v) is 12.9. The standard InChI is InChI=1S/C27H25ClFN7O3/c1-2-39-16-10-17(25-18-12-31-33-26(18)34-36(25)13-16)15-6-7-23(30-11-15)35-9-8-21(22(37)14-35)32-27(38)24-19(28)4-3-5-20(24)29/h3-7,10-13,21-22,37H,2,8-9,14H2,1H3,(H,32,38)(H,33,34)/t21-,22-/m0/s1. The minimum atomic E-state index is -0.876. The number of nitrogens with one attached hydrogen (secondary N) is 2. The van der Waals surface area contributed by atoms with E-state index in [1.54, 1.807) is 16.9 Å². The molecular weight excluding hydrogens is 525 g/mol. The zero-order valence-corrected chi connectivity index (χ0v) is 21.7. The number of benzene rings is 1. The maximum atomic E-state index is 14.1. The van der Waals surface area contributed by atoms with Gasteiger partial charge in [0.15, 0.2) is 5.65 Å². The average Bonchev–Trinajstić information content (AvgIpc) is 3.51. The number of anilines is 1. The van der Waals surface area contributed by atoms with E-state index >= 15 is 0 Å². The maximum Gasteiger partial charge on any atom is 0.256 e. The number of β-amino-alcohol motifs (C(OH)–C–C–N with tert-alkyl or cyclic N) is 1. The fraction of sp³-hybridized carbons (Fsp3) is 0.259. The highest BCUT2D eigenvalue weighted by molar-refractivity contribution is 6.33. The van der Waals surface area contributed by atoms with Gasteiger partial charge in [-0.15, -0.1) is 5.10 Å². The van der Waals surface area contributed by atoms with E-state index in [4.69, 9.17) is 16.3 Å². The van der Waals surface area contributed by atoms with Gasteiger partial charge in [0.25, 0.3) is 5.91 Å². The lowest BCUT2D eigenvalue weighted by Crippen LogP contribution is -2.54. The number of aliphatic hydroxyl groups excluding tert-OH is 1. The number of aliphatic hydroxyl groups is 1. The molecule has 1 aliphatic rings. The van der Waals surface area contributed by atoms with Gasteiger partial charge in [0.2, 0.25) is 0 Å². The maximum absolute atomic E-state index is 14.1. The molecule has 6 rings (SSSR count). The molecule has 1 aliphatic heterocycles. The number of halogens is 2. The van der Waals surface area contributed by atoms with Gasteiger partial charge in [-0.3, -0.25) is 9.89 Å². The number of amides is 1. The lowest BCUT2D eigenvalue weighted by atomic mass is 10.0. The van der Waals surface area contributed by atoms with Crippen LogP contribution in [-0.4, -0.2) is 67.7 Å². The van der Waals surface area contributed by atoms with Crippen LogP contribution in [0.2, 0.25) is 5.02 Å². The number of carbonyl (C=O) groups excluding carboxylic acids is 1. The van der Waals surface area contributed by atoms with E-state index in [0.29, 0.717) is 36.8 Å². The Kier molecular flexibility index (Phi) is 6.53. The van der Waals surface area contributed by atoms with Gasteiger partial charge in [-0.2, -0.15) is 5.10 Å². The Bertz CT molecular complexity index is 1650. The average molecular weight is 550 g/mol. The second-order valence-corrected chi connectivity index (χ2v) is 9.74. The number of hydrogen-bond donors (Lipinski definition) is 3. The number of nitrogens with zero attached hydrogens (tertiary/aromatic N) is 5. The number of fused-ring (bicyclic) bond motifs is 3. The third-order valence-corrected chi connectivity index (χ3v) is 7.20. The number of pyridine rings is 2. The van der Waals surface area contributed by atoms with E-state index in [9.17, 15) is 14.3 Å². The molecule has 1 amide bonds. The zero-order chi connectivity index (χ0) is 27.1. The molecule has 12 heteroatoms. The molecule has 0 bridgehead atoms. The fourth-order valence-corrected chi connectivity index (χ4v) is 5.25. The SMILES string of the molecule is CCOc1cc(-c2ccc(N3CC[C@H](NC(=O)c4c(F)cccc4Cl)[C@@H](O)C3)nc2)c2c3cn[nH]c3nn2c1. The van der Waals surface area contributed by atoms with Crippen molar-refractivity contribution in [2.24, 2.45) is 0 Å². The number of ether oxygens (including phenoxy) is 1. The van der Waals surface area contributed by atoms with Crippen molar-refractivity contribution in [3.63, 3.8) is 0 Å². The minimum absolute atomic E-state index is 0.0252. The van der Waals surface area contributed by atoms with Crippen LogP contribution in [0.1, 0.15) is 23.7 Å². The summed E-state index contributed by atoms with van der Waals surface area (Å²) in [6.07, 6.45) is 4.93. The highest BCUT2D eigenvalue weighted by Crippen LogP contribution is 2.33. The van der Waals surface area contributed by atoms with Crippen molar-refractivity contribution in [3.8, 4) is 16.9 Å². The van der Waals surface area contributed by atoms with Crippen molar-refractivity contribution in [2.45, 2.75) is 25.5 Å². The van der Waals surface area contributed by atoms with Crippen LogP contribution in [0, 0.1) is 5.82 Å². The summed E-state index contributed by atoms with van der Waals surface area (Å²) in [5, 5.41) is 26.0. The number of aromatic amines is 1. The van der Waals surface area contributed by atoms with E-state index in [2.05, 4.69) is 25.6 Å². The molecule has 200 valence electrons. The summed E-state index contributed by atoms with van der Waals surface area (Å²) in [6, 6.07) is 9.35. The molecule has 1 aromatic carbocycles. The molecular formula is C27H25ClFN7O3. The van der Waals surface area contributed by atoms with Gasteiger partial charge < -0.3 is 20.1 Å². The van der Waals surface area contributed by atoms with E-state index in [1.165, 1.54) is 18.2 Å². The molecule has 5 heterocycles. The summed E-state index contributed by atoms with van der Waals surface area (Å²) >= 11 is 6.02. The molecule has 2 atom stereocenters. The van der Waals surface area contributed by atoms with Gasteiger partial charge in [0.1, 0.15) is 17.4 Å². The Morgan fingerprint density at radius 3 is 2.92 bits per heavy atom. The van der Waals surface area contributed by atoms with E-state index < -0.39 is 23.9 Å². The van der Waals surface area contributed by atoms with Crippen LogP contribution in [-0.2, 0) is 0 Å². The highest BCUT2D eigenvalue weighted by Gasteiger charge is 2.31. The van der Waals surface area contributed by atoms with E-state index in [0.717, 1.165) is 22.0 Å². The van der Waals surface area contributed by atoms with Gasteiger partial charge >= 0.3 is 0 Å². The number of H-pyrrole nitrogens is 1. The molecule has 1 fully saturated rings. The second kappa shape index (κ2) is 10.2. The van der Waals surface area contributed by atoms with Gasteiger partial charge in [0.05, 0.1) is 52.6 Å². The first kappa shape index (κ1) is 25.1. The van der Waals surface area contributed by atoms with Gasteiger partial charge in [0, 0.05) is 30.4 Å². The lowest BCUT2D eigenvalue weighted by Gasteiger charge is -2.37. The van der Waals surface area contributed by atoms with Crippen LogP contribution in [0.25, 0.3) is 27.7 Å². The quantitative estimate of drug-likeness (QED) is 0.294. The molecule has 0 spiro atoms. The molecule has 0 saturated carbocycles. The number of carbonyl (C=O) groups is 1. The van der Waals surface area contributed by atoms with Crippen molar-refractivity contribution in [1.82, 2.24) is 30.1 Å². The highest BCUT2D eigenvalue weighted by atomic mass is 35.5. The molecule has 0 unspecified atom stereocenters. The van der Waals surface area contributed by atoms with Gasteiger partial charge in [-0.05, 0) is 43.7 Å². The Labute approximate surface area is 227 Å². The van der Waals surface area contributed by atoms with E-state index in [-0.39, 0.29) is 17.1 Å². The van der Waals surface area contributed by atoms with Crippen molar-refractivity contribution in [1.29, 1.82) is 0 Å². The van der Waals surface area contributed by atoms with Crippen LogP contribution < -0.4 is 15.0 Å². The Balaban J connectivity index is 1.20. The first-order valence-electron chi connectivity index (χ1n) is 12.6. The molecule has 0 radical (unpaired) electrons. The second-order valence-electron chi connectivity index (χ2n) is 9.33. The molecule has 39 heavy (non-hydrogen) atoms. The summed E-state index contributed by atoms with van der Waals surface area (Å²) < 4.78 is 21.7. The predicted octanol–water partition coefficient (Wildman–Crippen LogP) is 3.83. The lowest BCUT2D eigenvalue weighted by molar-refractivity contribution is 0.0794. The largest absolute Gasteiger partial charge is 0.492 e. The normalized spacial score (nSPS) is 17.6. The number of aromatic nitrogens is 5. The smallest absolute Gasteiger partial charge is 0.256 e. The third-order valence-electron chi connectivity index (χ3n) is 6.88. The van der Waals surface area contributed by atoms with Crippen LogP contribution >= 0.6 is 11.6 Å². The van der Waals surface area contributed by atoms with Gasteiger partial charge in [-0.25, -0.2) is 13.9 Å². The summed E-state index contributed by atoms with van der Waals surface area (Å²) in [5.74, 6) is 0.0276. The summed E-state index contributed by atoms with van der Waals surface area (Å²) in [5.41, 5.74) is 3.11. The summed E-state index contributed by atoms with van der Waals surface area (Å²) in [4.78, 5) is 19.3. The topological polar surface area (TPSA) is 121 Å². The molecule has 1 saturated heterocycles. The molecule has 5 aromatic rings. The summed E-state index contributed by atoms with van der Waals surface area (Å²) in [6.45, 7) is 3.25. The third kappa shape index (κ3) is 4.64. The van der Waals surface area contributed by atoms with E-state index in [1.807, 2.05) is 36.2 Å². The summed E-state index contributed by atoms with van der Waals surface area (Å²) in [7, 11) is 0.